The third kappa shape index (κ3) is 4.15. The normalized spacial score (nSPS) is 20.0. The van der Waals surface area contributed by atoms with Gasteiger partial charge in [0.2, 0.25) is 0 Å². The molecule has 1 aromatic carbocycles. The average molecular weight is 375 g/mol. The van der Waals surface area contributed by atoms with Gasteiger partial charge in [-0.1, -0.05) is 6.92 Å². The first-order valence-corrected chi connectivity index (χ1v) is 8.32. The van der Waals surface area contributed by atoms with E-state index in [1.165, 1.54) is 19.2 Å². The summed E-state index contributed by atoms with van der Waals surface area (Å²) in [6.07, 6.45) is 0.932. The molecule has 1 aromatic heterocycles. The van der Waals surface area contributed by atoms with Gasteiger partial charge in [-0.3, -0.25) is 4.55 Å². The number of aromatic amines is 1. The Bertz CT molecular complexity index is 953. The van der Waals surface area contributed by atoms with E-state index in [0.717, 1.165) is 10.9 Å². The number of hydrogen-bond acceptors (Lipinski definition) is 6. The minimum atomic E-state index is -4.59. The summed E-state index contributed by atoms with van der Waals surface area (Å²) in [5.74, 6) is -0.735. The van der Waals surface area contributed by atoms with Gasteiger partial charge < -0.3 is 19.0 Å². The van der Waals surface area contributed by atoms with Crippen LogP contribution in [0.5, 0.6) is 5.75 Å². The van der Waals surface area contributed by atoms with Crippen LogP contribution in [-0.4, -0.2) is 43.0 Å². The zero-order valence-electron chi connectivity index (χ0n) is 13.8. The molecule has 0 bridgehead atoms. The van der Waals surface area contributed by atoms with E-state index in [0.29, 0.717) is 5.52 Å². The van der Waals surface area contributed by atoms with E-state index in [2.05, 4.69) is 19.2 Å². The number of fused-ring (bicyclic) bond motifs is 1. The first kappa shape index (κ1) is 19.7. The van der Waals surface area contributed by atoms with E-state index in [9.17, 15) is 13.5 Å². The fraction of sp³-hybridized carbons (Fsp3) is 0.286. The van der Waals surface area contributed by atoms with Crippen LogP contribution >= 0.6 is 0 Å². The van der Waals surface area contributed by atoms with Crippen LogP contribution in [0.2, 0.25) is 0 Å². The fourth-order valence-corrected chi connectivity index (χ4v) is 2.95. The van der Waals surface area contributed by atoms with Crippen molar-refractivity contribution in [3.8, 4) is 5.75 Å². The molecule has 2 heterocycles. The topological polar surface area (TPSA) is 136 Å². The van der Waals surface area contributed by atoms with Crippen LogP contribution in [-0.2, 0) is 15.1 Å². The van der Waals surface area contributed by atoms with E-state index in [-0.39, 0.29) is 47.2 Å². The Morgan fingerprint density at radius 3 is 2.80 bits per heavy atom. The smallest absolute Gasteiger partial charge is 0.859 e. The monoisotopic (exact) mass is 375 g/mol. The number of aromatic nitrogens is 1. The molecule has 0 saturated carbocycles. The van der Waals surface area contributed by atoms with Gasteiger partial charge in [-0.15, -0.1) is 0 Å². The van der Waals surface area contributed by atoms with Crippen molar-refractivity contribution in [2.24, 2.45) is 9.98 Å². The second kappa shape index (κ2) is 7.34. The number of H-pyrrole nitrogens is 1. The van der Waals surface area contributed by atoms with Gasteiger partial charge >= 0.3 is 46.0 Å². The van der Waals surface area contributed by atoms with Crippen molar-refractivity contribution in [1.82, 2.24) is 4.98 Å². The van der Waals surface area contributed by atoms with Gasteiger partial charge in [-0.05, 0) is 17.7 Å². The molecule has 2 N–H and O–H groups in total. The standard InChI is InChI=1S/C14H15N3O6S.Na/c1-7(12-13(18)17-14(15-2)22-12)10-6-16-11-5-8(3-4-9(10)11)23-24(19,20)21;/h3-7,12,16H,1-2H3,(H,15,17,18)(H,19,20,21);/q;+1/p-1/t7-,12+;/m1./s1. The third-order valence-corrected chi connectivity index (χ3v) is 4.11. The summed E-state index contributed by atoms with van der Waals surface area (Å²) in [7, 11) is -3.10. The number of nitrogens with one attached hydrogen (secondary N) is 1. The predicted molar refractivity (Wildman–Crippen MR) is 84.6 cm³/mol. The molecule has 2 aromatic rings. The number of rotatable bonds is 4. The van der Waals surface area contributed by atoms with Crippen LogP contribution < -0.4 is 38.8 Å². The number of benzene rings is 1. The molecule has 25 heavy (non-hydrogen) atoms. The van der Waals surface area contributed by atoms with E-state index in [1.54, 1.807) is 12.3 Å². The molecule has 0 unspecified atom stereocenters. The Labute approximate surface area is 166 Å². The summed E-state index contributed by atoms with van der Waals surface area (Å²) in [6, 6.07) is 4.52. The Hall–Kier alpha value is -1.59. The SMILES string of the molecule is CN=C1N=C([O-])[C@H]([C@H](C)c2c[nH]c3cc(OS(=O)(=O)O)ccc23)O1.[Na+]. The van der Waals surface area contributed by atoms with Crippen LogP contribution in [0, 0.1) is 0 Å². The Balaban J connectivity index is 0.00000225. The first-order chi connectivity index (χ1) is 11.3. The van der Waals surface area contributed by atoms with E-state index < -0.39 is 22.4 Å². The maximum atomic E-state index is 11.9. The third-order valence-electron chi connectivity index (χ3n) is 3.70. The second-order valence-corrected chi connectivity index (χ2v) is 6.27. The summed E-state index contributed by atoms with van der Waals surface area (Å²) in [4.78, 5) is 10.5. The van der Waals surface area contributed by atoms with Crippen molar-refractivity contribution in [3.63, 3.8) is 0 Å². The quantitative estimate of drug-likeness (QED) is 0.452. The van der Waals surface area contributed by atoms with Gasteiger partial charge in [0.15, 0.2) is 0 Å². The minimum Gasteiger partial charge on any atom is -0.859 e. The fourth-order valence-electron chi connectivity index (χ4n) is 2.61. The Morgan fingerprint density at radius 1 is 1.48 bits per heavy atom. The molecule has 0 aliphatic carbocycles. The Morgan fingerprint density at radius 2 is 2.20 bits per heavy atom. The summed E-state index contributed by atoms with van der Waals surface area (Å²) in [5.41, 5.74) is 1.39. The molecule has 0 fully saturated rings. The molecule has 11 heteroatoms. The van der Waals surface area contributed by atoms with Crippen LogP contribution in [0.3, 0.4) is 0 Å². The molecule has 9 nitrogen and oxygen atoms in total. The van der Waals surface area contributed by atoms with E-state index in [4.69, 9.17) is 9.29 Å². The van der Waals surface area contributed by atoms with Gasteiger partial charge in [0.25, 0.3) is 0 Å². The summed E-state index contributed by atoms with van der Waals surface area (Å²) in [5, 5.41) is 12.7. The number of amidine groups is 1. The molecule has 0 saturated heterocycles. The van der Waals surface area contributed by atoms with Gasteiger partial charge in [-0.2, -0.15) is 8.42 Å². The number of hydrogen-bond donors (Lipinski definition) is 2. The minimum absolute atomic E-state index is 0. The van der Waals surface area contributed by atoms with Crippen LogP contribution in [0.1, 0.15) is 18.4 Å². The van der Waals surface area contributed by atoms with Crippen molar-refractivity contribution >= 4 is 33.2 Å². The molecule has 1 aliphatic rings. The molecule has 3 rings (SSSR count). The van der Waals surface area contributed by atoms with Crippen molar-refractivity contribution in [2.45, 2.75) is 18.9 Å². The van der Waals surface area contributed by atoms with Crippen molar-refractivity contribution < 1.29 is 56.6 Å². The maximum Gasteiger partial charge on any atom is 1.00 e. The summed E-state index contributed by atoms with van der Waals surface area (Å²) < 4.78 is 40.1. The van der Waals surface area contributed by atoms with Gasteiger partial charge in [0, 0.05) is 42.0 Å². The van der Waals surface area contributed by atoms with Gasteiger partial charge in [0.05, 0.1) is 0 Å². The van der Waals surface area contributed by atoms with Crippen LogP contribution in [0.4, 0.5) is 0 Å². The Kier molecular flexibility index (Phi) is 5.79. The maximum absolute atomic E-state index is 11.9. The van der Waals surface area contributed by atoms with Gasteiger partial charge in [0.1, 0.15) is 11.9 Å². The molecular weight excluding hydrogens is 361 g/mol. The van der Waals surface area contributed by atoms with Crippen molar-refractivity contribution in [1.29, 1.82) is 0 Å². The van der Waals surface area contributed by atoms with Crippen LogP contribution in [0.25, 0.3) is 10.9 Å². The molecular formula is C14H14N3NaO6S. The second-order valence-electron chi connectivity index (χ2n) is 5.25. The molecule has 0 radical (unpaired) electrons. The zero-order chi connectivity index (χ0) is 17.5. The molecule has 2 atom stereocenters. The van der Waals surface area contributed by atoms with Gasteiger partial charge in [-0.25, -0.2) is 9.98 Å². The molecule has 0 spiro atoms. The van der Waals surface area contributed by atoms with Crippen molar-refractivity contribution in [3.05, 3.63) is 30.0 Å². The number of aliphatic imine (C=N–C) groups is 2. The zero-order valence-corrected chi connectivity index (χ0v) is 16.6. The molecule has 128 valence electrons. The first-order valence-electron chi connectivity index (χ1n) is 6.95. The van der Waals surface area contributed by atoms with Crippen LogP contribution in [0.15, 0.2) is 34.4 Å². The molecule has 1 aliphatic heterocycles. The summed E-state index contributed by atoms with van der Waals surface area (Å²) in [6.45, 7) is 1.82. The number of nitrogens with zero attached hydrogens (tertiary/aromatic N) is 2. The van der Waals surface area contributed by atoms with E-state index >= 15 is 0 Å². The average Bonchev–Trinajstić information content (AvgIpc) is 3.08. The largest absolute Gasteiger partial charge is 1.00 e. The molecule has 0 amide bonds. The summed E-state index contributed by atoms with van der Waals surface area (Å²) >= 11 is 0. The predicted octanol–water partition coefficient (Wildman–Crippen LogP) is -2.40. The number of ether oxygens (including phenoxy) is 1. The van der Waals surface area contributed by atoms with Crippen molar-refractivity contribution in [2.75, 3.05) is 7.05 Å². The van der Waals surface area contributed by atoms with E-state index in [1.807, 2.05) is 6.92 Å².